The highest BCUT2D eigenvalue weighted by Crippen LogP contribution is 2.27. The van der Waals surface area contributed by atoms with Crippen molar-refractivity contribution >= 4 is 11.8 Å². The van der Waals surface area contributed by atoms with Crippen LogP contribution < -0.4 is 11.1 Å². The first-order valence-electron chi connectivity index (χ1n) is 9.34. The van der Waals surface area contributed by atoms with Crippen molar-refractivity contribution < 1.29 is 9.59 Å². The number of hydrogen-bond donors (Lipinski definition) is 2. The Hall–Kier alpha value is -1.89. The second kappa shape index (κ2) is 7.99. The molecule has 1 aromatic rings. The van der Waals surface area contributed by atoms with Crippen LogP contribution in [0.1, 0.15) is 48.9 Å². The topological polar surface area (TPSA) is 93.2 Å². The minimum Gasteiger partial charge on any atom is -0.352 e. The Balaban J connectivity index is 1.41. The molecule has 2 atom stereocenters. The van der Waals surface area contributed by atoms with Crippen LogP contribution in [0.5, 0.6) is 0 Å². The lowest BCUT2D eigenvalue weighted by molar-refractivity contribution is -0.138. The Labute approximate surface area is 148 Å². The minimum atomic E-state index is -0.0807. The number of nitrogens with two attached hydrogens (primary N) is 1. The highest BCUT2D eigenvalue weighted by atomic mass is 16.2. The van der Waals surface area contributed by atoms with Crippen molar-refractivity contribution in [3.05, 3.63) is 18.0 Å². The number of nitrogens with one attached hydrogen (secondary N) is 1. The van der Waals surface area contributed by atoms with Crippen molar-refractivity contribution in [3.8, 4) is 0 Å². The summed E-state index contributed by atoms with van der Waals surface area (Å²) in [7, 11) is 1.79. The predicted octanol–water partition coefficient (Wildman–Crippen LogP) is 0.906. The number of amides is 2. The van der Waals surface area contributed by atoms with Gasteiger partial charge >= 0.3 is 0 Å². The molecule has 3 N–H and O–H groups in total. The van der Waals surface area contributed by atoms with Gasteiger partial charge in [0.1, 0.15) is 0 Å². The molecule has 0 bridgehead atoms. The van der Waals surface area contributed by atoms with E-state index in [4.69, 9.17) is 5.73 Å². The average Bonchev–Trinajstić information content (AvgIpc) is 3.06. The standard InChI is InChI=1S/C18H29N5O2/c1-22-12-15(11-21-22)17(24)20-10-13-5-7-23(8-6-13)18(25)14-3-2-4-16(19)9-14/h11-14,16H,2-10,19H2,1H3,(H,20,24). The molecular formula is C18H29N5O2. The number of carbonyl (C=O) groups is 2. The van der Waals surface area contributed by atoms with Gasteiger partial charge in [-0.15, -0.1) is 0 Å². The molecule has 1 aliphatic carbocycles. The summed E-state index contributed by atoms with van der Waals surface area (Å²) in [5.74, 6) is 0.750. The van der Waals surface area contributed by atoms with Crippen LogP contribution in [-0.4, -0.2) is 52.2 Å². The summed E-state index contributed by atoms with van der Waals surface area (Å²) in [6.45, 7) is 2.24. The number of aromatic nitrogens is 2. The van der Waals surface area contributed by atoms with Gasteiger partial charge in [0.2, 0.25) is 5.91 Å². The number of likely N-dealkylation sites (tertiary alicyclic amines) is 1. The Morgan fingerprint density at radius 3 is 2.68 bits per heavy atom. The zero-order valence-corrected chi connectivity index (χ0v) is 15.0. The van der Waals surface area contributed by atoms with Crippen LogP contribution in [0.25, 0.3) is 0 Å². The fourth-order valence-corrected chi connectivity index (χ4v) is 3.95. The van der Waals surface area contributed by atoms with Gasteiger partial charge in [0, 0.05) is 44.8 Å². The van der Waals surface area contributed by atoms with E-state index in [1.54, 1.807) is 24.1 Å². The number of piperidine rings is 1. The third kappa shape index (κ3) is 4.60. The lowest BCUT2D eigenvalue weighted by atomic mass is 9.84. The fraction of sp³-hybridized carbons (Fsp3) is 0.722. The van der Waals surface area contributed by atoms with Crippen molar-refractivity contribution in [2.24, 2.45) is 24.6 Å². The molecule has 3 rings (SSSR count). The van der Waals surface area contributed by atoms with E-state index in [1.165, 1.54) is 0 Å². The summed E-state index contributed by atoms with van der Waals surface area (Å²) < 4.78 is 1.62. The van der Waals surface area contributed by atoms with E-state index >= 15 is 0 Å². The van der Waals surface area contributed by atoms with Gasteiger partial charge in [0.15, 0.2) is 0 Å². The molecule has 1 saturated carbocycles. The molecule has 2 unspecified atom stereocenters. The number of carbonyl (C=O) groups excluding carboxylic acids is 2. The highest BCUT2D eigenvalue weighted by Gasteiger charge is 2.31. The van der Waals surface area contributed by atoms with Gasteiger partial charge in [0.05, 0.1) is 11.8 Å². The molecule has 1 saturated heterocycles. The van der Waals surface area contributed by atoms with Crippen molar-refractivity contribution in [1.82, 2.24) is 20.0 Å². The van der Waals surface area contributed by atoms with Gasteiger partial charge in [-0.25, -0.2) is 0 Å². The predicted molar refractivity (Wildman–Crippen MR) is 94.8 cm³/mol. The second-order valence-electron chi connectivity index (χ2n) is 7.50. The summed E-state index contributed by atoms with van der Waals surface area (Å²) in [6, 6.07) is 0.183. The number of hydrogen-bond acceptors (Lipinski definition) is 4. The normalized spacial score (nSPS) is 25.0. The van der Waals surface area contributed by atoms with Crippen LogP contribution in [-0.2, 0) is 11.8 Å². The fourth-order valence-electron chi connectivity index (χ4n) is 3.95. The number of aryl methyl sites for hydroxylation is 1. The Kier molecular flexibility index (Phi) is 5.73. The molecule has 0 radical (unpaired) electrons. The van der Waals surface area contributed by atoms with Gasteiger partial charge in [-0.2, -0.15) is 5.10 Å². The molecule has 0 spiro atoms. The molecule has 138 valence electrons. The first kappa shape index (κ1) is 17.9. The molecule has 2 amide bonds. The summed E-state index contributed by atoms with van der Waals surface area (Å²) in [5, 5.41) is 7.00. The van der Waals surface area contributed by atoms with Crippen LogP contribution in [0.3, 0.4) is 0 Å². The first-order valence-corrected chi connectivity index (χ1v) is 9.34. The van der Waals surface area contributed by atoms with Gasteiger partial charge in [-0.1, -0.05) is 6.42 Å². The van der Waals surface area contributed by atoms with Crippen LogP contribution in [0.15, 0.2) is 12.4 Å². The summed E-state index contributed by atoms with van der Waals surface area (Å²) in [4.78, 5) is 26.7. The number of rotatable bonds is 4. The van der Waals surface area contributed by atoms with Gasteiger partial charge in [0.25, 0.3) is 5.91 Å². The van der Waals surface area contributed by atoms with Crippen LogP contribution >= 0.6 is 0 Å². The summed E-state index contributed by atoms with van der Waals surface area (Å²) in [6.07, 6.45) is 9.09. The lowest BCUT2D eigenvalue weighted by Crippen LogP contribution is -2.45. The van der Waals surface area contributed by atoms with E-state index in [0.717, 1.165) is 51.6 Å². The second-order valence-corrected chi connectivity index (χ2v) is 7.50. The lowest BCUT2D eigenvalue weighted by Gasteiger charge is -2.36. The van der Waals surface area contributed by atoms with E-state index < -0.39 is 0 Å². The zero-order valence-electron chi connectivity index (χ0n) is 15.0. The molecule has 1 aromatic heterocycles. The molecule has 25 heavy (non-hydrogen) atoms. The van der Waals surface area contributed by atoms with E-state index in [1.807, 2.05) is 4.90 Å². The largest absolute Gasteiger partial charge is 0.352 e. The maximum atomic E-state index is 12.7. The quantitative estimate of drug-likeness (QED) is 0.846. The maximum absolute atomic E-state index is 12.7. The molecule has 7 heteroatoms. The van der Waals surface area contributed by atoms with E-state index in [0.29, 0.717) is 18.0 Å². The highest BCUT2D eigenvalue weighted by molar-refractivity contribution is 5.93. The average molecular weight is 347 g/mol. The van der Waals surface area contributed by atoms with Crippen LogP contribution in [0.4, 0.5) is 0 Å². The molecular weight excluding hydrogens is 318 g/mol. The van der Waals surface area contributed by atoms with E-state index in [-0.39, 0.29) is 23.8 Å². The Morgan fingerprint density at radius 1 is 1.28 bits per heavy atom. The van der Waals surface area contributed by atoms with E-state index in [9.17, 15) is 9.59 Å². The minimum absolute atomic E-state index is 0.0807. The molecule has 2 fully saturated rings. The van der Waals surface area contributed by atoms with E-state index in [2.05, 4.69) is 10.4 Å². The molecule has 0 aromatic carbocycles. The van der Waals surface area contributed by atoms with Crippen molar-refractivity contribution in [3.63, 3.8) is 0 Å². The Morgan fingerprint density at radius 2 is 2.04 bits per heavy atom. The van der Waals surface area contributed by atoms with Crippen molar-refractivity contribution in [2.75, 3.05) is 19.6 Å². The third-order valence-electron chi connectivity index (χ3n) is 5.51. The van der Waals surface area contributed by atoms with Crippen LogP contribution in [0.2, 0.25) is 0 Å². The molecule has 2 aliphatic rings. The summed E-state index contributed by atoms with van der Waals surface area (Å²) in [5.41, 5.74) is 6.60. The monoisotopic (exact) mass is 347 g/mol. The van der Waals surface area contributed by atoms with Gasteiger partial charge < -0.3 is 16.0 Å². The van der Waals surface area contributed by atoms with Crippen LogP contribution in [0, 0.1) is 11.8 Å². The molecule has 1 aliphatic heterocycles. The maximum Gasteiger partial charge on any atom is 0.254 e. The van der Waals surface area contributed by atoms with Gasteiger partial charge in [-0.05, 0) is 38.0 Å². The smallest absolute Gasteiger partial charge is 0.254 e. The Bertz CT molecular complexity index is 606. The molecule has 2 heterocycles. The SMILES string of the molecule is Cn1cc(C(=O)NCC2CCN(C(=O)C3CCCC(N)C3)CC2)cn1. The van der Waals surface area contributed by atoms with Gasteiger partial charge in [-0.3, -0.25) is 14.3 Å². The first-order chi connectivity index (χ1) is 12.0. The van der Waals surface area contributed by atoms with Crippen molar-refractivity contribution in [1.29, 1.82) is 0 Å². The van der Waals surface area contributed by atoms with Crippen molar-refractivity contribution in [2.45, 2.75) is 44.6 Å². The zero-order chi connectivity index (χ0) is 17.8. The number of nitrogens with zero attached hydrogens (tertiary/aromatic N) is 3. The summed E-state index contributed by atoms with van der Waals surface area (Å²) >= 11 is 0. The molecule has 7 nitrogen and oxygen atoms in total. The third-order valence-corrected chi connectivity index (χ3v) is 5.51.